The standard InChI is InChI=1S/C20H25NO4/c1-4-14-9-13(11-17(21)20(23)24)10-15(5-2)19(14)25-16-6-7-18(22)12(3)8-16/h6-10,17,22H,4-5,11,21H2,1-3H3,(H,23,24). The smallest absolute Gasteiger partial charge is 0.320 e. The van der Waals surface area contributed by atoms with Crippen molar-refractivity contribution in [1.82, 2.24) is 0 Å². The molecule has 0 fully saturated rings. The van der Waals surface area contributed by atoms with Crippen LogP contribution in [0.3, 0.4) is 0 Å². The van der Waals surface area contributed by atoms with Crippen molar-refractivity contribution in [1.29, 1.82) is 0 Å². The Morgan fingerprint density at radius 3 is 2.24 bits per heavy atom. The van der Waals surface area contributed by atoms with Crippen molar-refractivity contribution in [2.75, 3.05) is 0 Å². The van der Waals surface area contributed by atoms with Gasteiger partial charge in [-0.15, -0.1) is 0 Å². The van der Waals surface area contributed by atoms with Crippen LogP contribution in [0.5, 0.6) is 17.2 Å². The monoisotopic (exact) mass is 343 g/mol. The zero-order chi connectivity index (χ0) is 18.6. The van der Waals surface area contributed by atoms with E-state index in [-0.39, 0.29) is 12.2 Å². The van der Waals surface area contributed by atoms with Crippen LogP contribution in [0, 0.1) is 6.92 Å². The highest BCUT2D eigenvalue weighted by Gasteiger charge is 2.16. The molecule has 25 heavy (non-hydrogen) atoms. The maximum absolute atomic E-state index is 11.0. The zero-order valence-electron chi connectivity index (χ0n) is 14.9. The molecule has 2 rings (SSSR count). The minimum Gasteiger partial charge on any atom is -0.508 e. The molecule has 0 aliphatic rings. The van der Waals surface area contributed by atoms with Crippen LogP contribution in [0.4, 0.5) is 0 Å². The van der Waals surface area contributed by atoms with Crippen LogP contribution < -0.4 is 10.5 Å². The molecule has 0 aromatic heterocycles. The van der Waals surface area contributed by atoms with Gasteiger partial charge in [-0.25, -0.2) is 0 Å². The van der Waals surface area contributed by atoms with E-state index in [1.165, 1.54) is 0 Å². The number of phenols is 1. The summed E-state index contributed by atoms with van der Waals surface area (Å²) >= 11 is 0. The van der Waals surface area contributed by atoms with Crippen molar-refractivity contribution < 1.29 is 19.7 Å². The Labute approximate surface area is 148 Å². The molecule has 0 bridgehead atoms. The summed E-state index contributed by atoms with van der Waals surface area (Å²) in [5.41, 5.74) is 9.34. The maximum atomic E-state index is 11.0. The zero-order valence-corrected chi connectivity index (χ0v) is 14.9. The molecule has 0 amide bonds. The number of benzene rings is 2. The summed E-state index contributed by atoms with van der Waals surface area (Å²) in [5.74, 6) is 0.685. The number of carbonyl (C=O) groups is 1. The topological polar surface area (TPSA) is 92.8 Å². The van der Waals surface area contributed by atoms with E-state index < -0.39 is 12.0 Å². The van der Waals surface area contributed by atoms with Gasteiger partial charge in [-0.3, -0.25) is 4.79 Å². The van der Waals surface area contributed by atoms with Gasteiger partial charge in [0.2, 0.25) is 0 Å². The molecule has 0 spiro atoms. The van der Waals surface area contributed by atoms with Crippen LogP contribution in [0.15, 0.2) is 30.3 Å². The second-order valence-corrected chi connectivity index (χ2v) is 6.15. The third kappa shape index (κ3) is 4.51. The molecule has 1 atom stereocenters. The Kier molecular flexibility index (Phi) is 6.04. The Balaban J connectivity index is 2.39. The number of aryl methyl sites for hydroxylation is 3. The van der Waals surface area contributed by atoms with Gasteiger partial charge in [0.1, 0.15) is 23.3 Å². The maximum Gasteiger partial charge on any atom is 0.320 e. The molecule has 134 valence electrons. The number of hydrogen-bond acceptors (Lipinski definition) is 4. The lowest BCUT2D eigenvalue weighted by Crippen LogP contribution is -2.32. The number of aromatic hydroxyl groups is 1. The molecular weight excluding hydrogens is 318 g/mol. The Bertz CT molecular complexity index is 745. The van der Waals surface area contributed by atoms with E-state index in [0.717, 1.165) is 40.8 Å². The lowest BCUT2D eigenvalue weighted by Gasteiger charge is -2.18. The van der Waals surface area contributed by atoms with Gasteiger partial charge in [0.25, 0.3) is 0 Å². The SMILES string of the molecule is CCc1cc(CC(N)C(=O)O)cc(CC)c1Oc1ccc(O)c(C)c1. The van der Waals surface area contributed by atoms with Crippen LogP contribution in [0.2, 0.25) is 0 Å². The highest BCUT2D eigenvalue weighted by atomic mass is 16.5. The van der Waals surface area contributed by atoms with E-state index in [0.29, 0.717) is 5.75 Å². The summed E-state index contributed by atoms with van der Waals surface area (Å²) in [4.78, 5) is 11.0. The normalized spacial score (nSPS) is 12.0. The van der Waals surface area contributed by atoms with Crippen molar-refractivity contribution in [2.24, 2.45) is 5.73 Å². The van der Waals surface area contributed by atoms with Gasteiger partial charge in [0.05, 0.1) is 0 Å². The van der Waals surface area contributed by atoms with E-state index >= 15 is 0 Å². The van der Waals surface area contributed by atoms with Gasteiger partial charge in [-0.2, -0.15) is 0 Å². The molecule has 0 aliphatic carbocycles. The number of phenolic OH excluding ortho intramolecular Hbond substituents is 1. The van der Waals surface area contributed by atoms with Gasteiger partial charge < -0.3 is 20.7 Å². The first-order chi connectivity index (χ1) is 11.8. The quantitative estimate of drug-likeness (QED) is 0.714. The van der Waals surface area contributed by atoms with Crippen LogP contribution >= 0.6 is 0 Å². The third-order valence-corrected chi connectivity index (χ3v) is 4.23. The van der Waals surface area contributed by atoms with E-state index in [4.69, 9.17) is 15.6 Å². The molecule has 5 nitrogen and oxygen atoms in total. The molecule has 0 heterocycles. The fourth-order valence-electron chi connectivity index (χ4n) is 2.75. The van der Waals surface area contributed by atoms with Crippen LogP contribution in [0.25, 0.3) is 0 Å². The van der Waals surface area contributed by atoms with Gasteiger partial charge in [0, 0.05) is 0 Å². The number of carboxylic acids is 1. The van der Waals surface area contributed by atoms with Gasteiger partial charge in [-0.05, 0) is 66.6 Å². The summed E-state index contributed by atoms with van der Waals surface area (Å²) in [6, 6.07) is 8.15. The molecule has 1 unspecified atom stereocenters. The molecule has 0 aliphatic heterocycles. The summed E-state index contributed by atoms with van der Waals surface area (Å²) < 4.78 is 6.11. The first-order valence-electron chi connectivity index (χ1n) is 8.46. The van der Waals surface area contributed by atoms with Crippen molar-refractivity contribution in [3.63, 3.8) is 0 Å². The average molecular weight is 343 g/mol. The predicted octanol–water partition coefficient (Wildman–Crippen LogP) is 3.57. The van der Waals surface area contributed by atoms with Crippen molar-refractivity contribution in [3.8, 4) is 17.2 Å². The first kappa shape index (κ1) is 18.8. The molecule has 2 aromatic rings. The number of aliphatic carboxylic acids is 1. The summed E-state index contributed by atoms with van der Waals surface area (Å²) in [6.07, 6.45) is 1.80. The summed E-state index contributed by atoms with van der Waals surface area (Å²) in [7, 11) is 0. The van der Waals surface area contributed by atoms with E-state index in [1.807, 2.05) is 32.9 Å². The predicted molar refractivity (Wildman–Crippen MR) is 97.4 cm³/mol. The van der Waals surface area contributed by atoms with Crippen molar-refractivity contribution in [3.05, 3.63) is 52.6 Å². The van der Waals surface area contributed by atoms with Crippen molar-refractivity contribution >= 4 is 5.97 Å². The van der Waals surface area contributed by atoms with Gasteiger partial charge in [0.15, 0.2) is 0 Å². The molecule has 0 saturated heterocycles. The Morgan fingerprint density at radius 2 is 1.76 bits per heavy atom. The Hall–Kier alpha value is -2.53. The molecule has 0 saturated carbocycles. The van der Waals surface area contributed by atoms with E-state index in [2.05, 4.69) is 0 Å². The first-order valence-corrected chi connectivity index (χ1v) is 8.46. The lowest BCUT2D eigenvalue weighted by atomic mass is 9.97. The molecule has 0 radical (unpaired) electrons. The largest absolute Gasteiger partial charge is 0.508 e. The van der Waals surface area contributed by atoms with Crippen LogP contribution in [-0.4, -0.2) is 22.2 Å². The molecule has 4 N–H and O–H groups in total. The second-order valence-electron chi connectivity index (χ2n) is 6.15. The highest BCUT2D eigenvalue weighted by Crippen LogP contribution is 2.33. The minimum absolute atomic E-state index is 0.233. The lowest BCUT2D eigenvalue weighted by molar-refractivity contribution is -0.138. The fraction of sp³-hybridized carbons (Fsp3) is 0.350. The van der Waals surface area contributed by atoms with E-state index in [1.54, 1.807) is 18.2 Å². The summed E-state index contributed by atoms with van der Waals surface area (Å²) in [6.45, 7) is 5.88. The summed E-state index contributed by atoms with van der Waals surface area (Å²) in [5, 5.41) is 18.7. The van der Waals surface area contributed by atoms with Gasteiger partial charge in [-0.1, -0.05) is 26.0 Å². The van der Waals surface area contributed by atoms with Crippen LogP contribution in [0.1, 0.15) is 36.1 Å². The molecule has 2 aromatic carbocycles. The molecular formula is C20H25NO4. The second kappa shape index (κ2) is 8.03. The fourth-order valence-corrected chi connectivity index (χ4v) is 2.75. The number of ether oxygens (including phenoxy) is 1. The van der Waals surface area contributed by atoms with E-state index in [9.17, 15) is 9.90 Å². The van der Waals surface area contributed by atoms with Crippen molar-refractivity contribution in [2.45, 2.75) is 46.1 Å². The van der Waals surface area contributed by atoms with Crippen LogP contribution in [-0.2, 0) is 24.1 Å². The average Bonchev–Trinajstić information content (AvgIpc) is 2.58. The number of carboxylic acid groups (broad SMARTS) is 1. The number of nitrogens with two attached hydrogens (primary N) is 1. The molecule has 5 heteroatoms. The third-order valence-electron chi connectivity index (χ3n) is 4.23. The number of hydrogen-bond donors (Lipinski definition) is 3. The highest BCUT2D eigenvalue weighted by molar-refractivity contribution is 5.73. The number of rotatable bonds is 7. The minimum atomic E-state index is -1.00. The van der Waals surface area contributed by atoms with Gasteiger partial charge >= 0.3 is 5.97 Å². The Morgan fingerprint density at radius 1 is 1.16 bits per heavy atom.